The lowest BCUT2D eigenvalue weighted by atomic mass is 9.92. The van der Waals surface area contributed by atoms with Gasteiger partial charge in [-0.2, -0.15) is 9.41 Å². The predicted molar refractivity (Wildman–Crippen MR) is 132 cm³/mol. The van der Waals surface area contributed by atoms with Gasteiger partial charge in [0.05, 0.1) is 18.0 Å². The summed E-state index contributed by atoms with van der Waals surface area (Å²) in [6.45, 7) is 4.46. The zero-order valence-electron chi connectivity index (χ0n) is 19.8. The van der Waals surface area contributed by atoms with Crippen LogP contribution in [0.15, 0.2) is 64.6 Å². The van der Waals surface area contributed by atoms with Gasteiger partial charge in [0.15, 0.2) is 0 Å². The lowest BCUT2D eigenvalue weighted by molar-refractivity contribution is -0.147. The van der Waals surface area contributed by atoms with E-state index in [1.165, 1.54) is 4.31 Å². The van der Waals surface area contributed by atoms with Crippen molar-refractivity contribution in [3.8, 4) is 0 Å². The largest absolute Gasteiger partial charge is 0.465 e. The van der Waals surface area contributed by atoms with E-state index in [1.54, 1.807) is 31.2 Å². The first kappa shape index (κ1) is 24.4. The number of aryl methyl sites for hydroxylation is 1. The van der Waals surface area contributed by atoms with Crippen molar-refractivity contribution in [3.63, 3.8) is 0 Å². The Balaban J connectivity index is 1.65. The van der Waals surface area contributed by atoms with Crippen molar-refractivity contribution in [2.75, 3.05) is 6.61 Å². The van der Waals surface area contributed by atoms with Crippen molar-refractivity contribution < 1.29 is 17.9 Å². The van der Waals surface area contributed by atoms with Crippen molar-refractivity contribution >= 4 is 21.7 Å². The zero-order valence-corrected chi connectivity index (χ0v) is 20.6. The molecule has 0 amide bonds. The third kappa shape index (κ3) is 5.18. The standard InChI is InChI=1S/C26H33N3O4S/c1-3-33-26(30)25-17-22-23(28-27-18-20-9-5-4-6-10-20)11-7-8-12-24(22)29(25)34(31,32)21-15-13-19(2)14-16-21/h4-6,9-10,13-16,22,24-25,27H,3,7-8,11-12,17-18H2,1-2H3/b28-23-/t22-,24+,25+/m1/s1. The molecule has 1 N–H and O–H groups in total. The van der Waals surface area contributed by atoms with Crippen LogP contribution < -0.4 is 5.43 Å². The topological polar surface area (TPSA) is 88.1 Å². The average molecular weight is 484 g/mol. The minimum absolute atomic E-state index is 0.125. The van der Waals surface area contributed by atoms with E-state index in [2.05, 4.69) is 5.43 Å². The monoisotopic (exact) mass is 483 g/mol. The summed E-state index contributed by atoms with van der Waals surface area (Å²) in [7, 11) is -3.88. The molecule has 182 valence electrons. The van der Waals surface area contributed by atoms with Crippen LogP contribution in [0, 0.1) is 12.8 Å². The average Bonchev–Trinajstić information content (AvgIpc) is 3.12. The number of fused-ring (bicyclic) bond motifs is 1. The van der Waals surface area contributed by atoms with Gasteiger partial charge < -0.3 is 10.2 Å². The van der Waals surface area contributed by atoms with Crippen molar-refractivity contribution in [1.82, 2.24) is 9.73 Å². The molecule has 2 aliphatic rings. The molecule has 7 nitrogen and oxygen atoms in total. The van der Waals surface area contributed by atoms with Crippen LogP contribution in [-0.4, -0.2) is 43.1 Å². The fraction of sp³-hybridized carbons (Fsp3) is 0.462. The summed E-state index contributed by atoms with van der Waals surface area (Å²) in [5.41, 5.74) is 6.22. The quantitative estimate of drug-likeness (QED) is 0.475. The smallest absolute Gasteiger partial charge is 0.324 e. The molecule has 4 rings (SSSR count). The van der Waals surface area contributed by atoms with Gasteiger partial charge in [0, 0.05) is 17.7 Å². The molecule has 0 aromatic heterocycles. The molecule has 2 aromatic carbocycles. The van der Waals surface area contributed by atoms with Crippen LogP contribution in [0.5, 0.6) is 0 Å². The normalized spacial score (nSPS) is 24.4. The Labute approximate surface area is 202 Å². The molecule has 0 radical (unpaired) electrons. The highest BCUT2D eigenvalue weighted by molar-refractivity contribution is 7.89. The van der Waals surface area contributed by atoms with Crippen LogP contribution in [-0.2, 0) is 26.1 Å². The van der Waals surface area contributed by atoms with Crippen LogP contribution in [0.3, 0.4) is 0 Å². The minimum atomic E-state index is -3.88. The second-order valence-electron chi connectivity index (χ2n) is 8.99. The van der Waals surface area contributed by atoms with Gasteiger partial charge in [-0.05, 0) is 57.2 Å². The van der Waals surface area contributed by atoms with Crippen LogP contribution in [0.25, 0.3) is 0 Å². The number of benzene rings is 2. The van der Waals surface area contributed by atoms with Gasteiger partial charge in [-0.3, -0.25) is 4.79 Å². The molecule has 0 bridgehead atoms. The minimum Gasteiger partial charge on any atom is -0.465 e. The second kappa shape index (κ2) is 10.7. The number of hydrogen-bond donors (Lipinski definition) is 1. The van der Waals surface area contributed by atoms with E-state index in [-0.39, 0.29) is 23.5 Å². The van der Waals surface area contributed by atoms with E-state index in [0.29, 0.717) is 19.4 Å². The molecular formula is C26H33N3O4S. The third-order valence-corrected chi connectivity index (χ3v) is 8.64. The number of esters is 1. The van der Waals surface area contributed by atoms with Gasteiger partial charge in [-0.15, -0.1) is 0 Å². The van der Waals surface area contributed by atoms with Gasteiger partial charge in [-0.1, -0.05) is 54.4 Å². The van der Waals surface area contributed by atoms with Gasteiger partial charge in [0.25, 0.3) is 0 Å². The molecule has 1 saturated carbocycles. The van der Waals surface area contributed by atoms with Gasteiger partial charge in [0.1, 0.15) is 6.04 Å². The van der Waals surface area contributed by atoms with Crippen LogP contribution in [0.4, 0.5) is 0 Å². The van der Waals surface area contributed by atoms with E-state index < -0.39 is 22.0 Å². The molecule has 1 heterocycles. The van der Waals surface area contributed by atoms with Gasteiger partial charge in [0.2, 0.25) is 10.0 Å². The Kier molecular flexibility index (Phi) is 7.68. The molecule has 1 saturated heterocycles. The van der Waals surface area contributed by atoms with Gasteiger partial charge in [-0.25, -0.2) is 8.42 Å². The number of nitrogens with one attached hydrogen (secondary N) is 1. The van der Waals surface area contributed by atoms with Crippen LogP contribution >= 0.6 is 0 Å². The fourth-order valence-electron chi connectivity index (χ4n) is 5.02. The number of nitrogens with zero attached hydrogens (tertiary/aromatic N) is 2. The highest BCUT2D eigenvalue weighted by atomic mass is 32.2. The van der Waals surface area contributed by atoms with Crippen molar-refractivity contribution in [1.29, 1.82) is 0 Å². The third-order valence-electron chi connectivity index (χ3n) is 6.69. The highest BCUT2D eigenvalue weighted by Crippen LogP contribution is 2.41. The zero-order chi connectivity index (χ0) is 24.1. The molecule has 0 spiro atoms. The van der Waals surface area contributed by atoms with E-state index in [1.807, 2.05) is 37.3 Å². The van der Waals surface area contributed by atoms with Crippen LogP contribution in [0.1, 0.15) is 50.2 Å². The van der Waals surface area contributed by atoms with E-state index in [0.717, 1.165) is 36.1 Å². The Morgan fingerprint density at radius 3 is 2.56 bits per heavy atom. The number of hydrogen-bond acceptors (Lipinski definition) is 6. The molecule has 0 unspecified atom stereocenters. The van der Waals surface area contributed by atoms with Crippen molar-refractivity contribution in [2.24, 2.45) is 11.0 Å². The number of carbonyl (C=O) groups excluding carboxylic acids is 1. The summed E-state index contributed by atoms with van der Waals surface area (Å²) in [4.78, 5) is 13.1. The second-order valence-corrected chi connectivity index (χ2v) is 10.8. The fourth-order valence-corrected chi connectivity index (χ4v) is 6.86. The summed E-state index contributed by atoms with van der Waals surface area (Å²) in [5, 5.41) is 4.71. The Bertz CT molecular complexity index is 1120. The van der Waals surface area contributed by atoms with E-state index in [9.17, 15) is 13.2 Å². The Hall–Kier alpha value is -2.71. The maximum Gasteiger partial charge on any atom is 0.324 e. The maximum atomic E-state index is 13.8. The SMILES string of the molecule is CCOC(=O)[C@@H]1C[C@@H]2/C(=N\NCc3ccccc3)CCCC[C@@H]2N1S(=O)(=O)c1ccc(C)cc1. The lowest BCUT2D eigenvalue weighted by Gasteiger charge is -2.29. The lowest BCUT2D eigenvalue weighted by Crippen LogP contribution is -2.46. The summed E-state index contributed by atoms with van der Waals surface area (Å²) in [6.07, 6.45) is 3.70. The number of hydrazone groups is 1. The number of rotatable bonds is 7. The van der Waals surface area contributed by atoms with Gasteiger partial charge >= 0.3 is 5.97 Å². The summed E-state index contributed by atoms with van der Waals surface area (Å²) < 4.78 is 34.3. The first-order valence-corrected chi connectivity index (χ1v) is 13.5. The summed E-state index contributed by atoms with van der Waals surface area (Å²) in [6, 6.07) is 15.7. The molecule has 1 aliphatic carbocycles. The maximum absolute atomic E-state index is 13.8. The number of carbonyl (C=O) groups is 1. The van der Waals surface area contributed by atoms with Crippen LogP contribution in [0.2, 0.25) is 0 Å². The van der Waals surface area contributed by atoms with E-state index in [4.69, 9.17) is 9.84 Å². The molecule has 34 heavy (non-hydrogen) atoms. The summed E-state index contributed by atoms with van der Waals surface area (Å²) >= 11 is 0. The first-order chi connectivity index (χ1) is 16.4. The van der Waals surface area contributed by atoms with E-state index >= 15 is 0 Å². The number of sulfonamides is 1. The first-order valence-electron chi connectivity index (χ1n) is 12.0. The Morgan fingerprint density at radius 2 is 1.85 bits per heavy atom. The molecule has 3 atom stereocenters. The van der Waals surface area contributed by atoms with Crippen molar-refractivity contribution in [2.45, 2.75) is 69.5 Å². The summed E-state index contributed by atoms with van der Waals surface area (Å²) in [5.74, 6) is -0.608. The Morgan fingerprint density at radius 1 is 1.12 bits per heavy atom. The molecule has 2 fully saturated rings. The molecule has 8 heteroatoms. The number of ether oxygens (including phenoxy) is 1. The molecular weight excluding hydrogens is 450 g/mol. The van der Waals surface area contributed by atoms with Crippen molar-refractivity contribution in [3.05, 3.63) is 65.7 Å². The molecule has 2 aromatic rings. The predicted octanol–water partition coefficient (Wildman–Crippen LogP) is 4.03. The molecule has 1 aliphatic heterocycles. The highest BCUT2D eigenvalue weighted by Gasteiger charge is 2.52.